The van der Waals surface area contributed by atoms with Crippen LogP contribution >= 0.6 is 11.6 Å². The van der Waals surface area contributed by atoms with Crippen LogP contribution in [-0.4, -0.2) is 30.0 Å². The minimum Gasteiger partial charge on any atom is -0.370 e. The zero-order valence-corrected chi connectivity index (χ0v) is 12.4. The van der Waals surface area contributed by atoms with Crippen molar-refractivity contribution in [3.63, 3.8) is 0 Å². The molecule has 2 rings (SSSR count). The Balaban J connectivity index is 1.91. The second-order valence-electron chi connectivity index (χ2n) is 5.04. The predicted octanol–water partition coefficient (Wildman–Crippen LogP) is 3.24. The fraction of sp³-hybridized carbons (Fsp3) is 0.533. The third-order valence-corrected chi connectivity index (χ3v) is 4.07. The third-order valence-electron chi connectivity index (χ3n) is 3.84. The van der Waals surface area contributed by atoms with Crippen molar-refractivity contribution < 1.29 is 0 Å². The van der Waals surface area contributed by atoms with Crippen LogP contribution in [0, 0.1) is 0 Å². The highest BCUT2D eigenvalue weighted by atomic mass is 35.5. The first kappa shape index (κ1) is 14.2. The Morgan fingerprint density at radius 1 is 1.37 bits per heavy atom. The van der Waals surface area contributed by atoms with Crippen LogP contribution in [0.2, 0.25) is 5.02 Å². The molecular weight excluding hydrogens is 258 g/mol. The molecule has 1 aromatic rings. The molecule has 0 spiro atoms. The van der Waals surface area contributed by atoms with Crippen LogP contribution in [0.25, 0.3) is 0 Å². The number of nitrogens with two attached hydrogens (primary N) is 1. The van der Waals surface area contributed by atoms with Crippen molar-refractivity contribution in [3.8, 4) is 0 Å². The van der Waals surface area contributed by atoms with Gasteiger partial charge in [0.1, 0.15) is 0 Å². The number of guanidine groups is 1. The fourth-order valence-electron chi connectivity index (χ4n) is 2.54. The molecule has 0 radical (unpaired) electrons. The normalized spacial score (nSPS) is 23.0. The Morgan fingerprint density at radius 2 is 2.05 bits per heavy atom. The van der Waals surface area contributed by atoms with Gasteiger partial charge in [-0.2, -0.15) is 0 Å². The van der Waals surface area contributed by atoms with Gasteiger partial charge in [0.25, 0.3) is 0 Å². The molecular formula is C15H22ClN3. The van der Waals surface area contributed by atoms with Gasteiger partial charge in [-0.1, -0.05) is 23.7 Å². The molecule has 0 heterocycles. The molecule has 1 saturated carbocycles. The third kappa shape index (κ3) is 3.41. The van der Waals surface area contributed by atoms with Crippen molar-refractivity contribution >= 4 is 17.6 Å². The highest BCUT2D eigenvalue weighted by Crippen LogP contribution is 2.39. The van der Waals surface area contributed by atoms with E-state index in [1.165, 1.54) is 5.56 Å². The predicted molar refractivity (Wildman–Crippen MR) is 81.8 cm³/mol. The van der Waals surface area contributed by atoms with Gasteiger partial charge in [0, 0.05) is 18.1 Å². The van der Waals surface area contributed by atoms with Gasteiger partial charge < -0.3 is 10.6 Å². The number of aliphatic imine (C=N–C) groups is 1. The topological polar surface area (TPSA) is 41.6 Å². The quantitative estimate of drug-likeness (QED) is 0.679. The summed E-state index contributed by atoms with van der Waals surface area (Å²) in [5, 5.41) is 0.812. The Bertz CT molecular complexity index is 448. The Kier molecular flexibility index (Phi) is 4.70. The molecule has 104 valence electrons. The van der Waals surface area contributed by atoms with Gasteiger partial charge in [-0.15, -0.1) is 0 Å². The standard InChI is InChI=1S/C15H22ClN3/c1-3-19(4-2)15(17)18-14-9-12(10-14)11-6-5-7-13(16)8-11/h5-8,12,14H,3-4,9-10H2,1-2H3,(H2,17,18). The van der Waals surface area contributed by atoms with Gasteiger partial charge in [0.2, 0.25) is 0 Å². The van der Waals surface area contributed by atoms with E-state index in [9.17, 15) is 0 Å². The van der Waals surface area contributed by atoms with E-state index in [0.717, 1.165) is 31.0 Å². The number of benzene rings is 1. The fourth-order valence-corrected chi connectivity index (χ4v) is 2.74. The van der Waals surface area contributed by atoms with E-state index >= 15 is 0 Å². The minimum atomic E-state index is 0.365. The highest BCUT2D eigenvalue weighted by Gasteiger charge is 2.30. The molecule has 0 aliphatic heterocycles. The minimum absolute atomic E-state index is 0.365. The van der Waals surface area contributed by atoms with Crippen molar-refractivity contribution in [1.29, 1.82) is 0 Å². The summed E-state index contributed by atoms with van der Waals surface area (Å²) in [5.74, 6) is 1.26. The van der Waals surface area contributed by atoms with E-state index in [0.29, 0.717) is 17.9 Å². The maximum atomic E-state index is 6.02. The summed E-state index contributed by atoms with van der Waals surface area (Å²) in [6.45, 7) is 6.02. The first-order valence-electron chi connectivity index (χ1n) is 6.97. The zero-order chi connectivity index (χ0) is 13.8. The molecule has 1 fully saturated rings. The van der Waals surface area contributed by atoms with Crippen LogP contribution in [-0.2, 0) is 0 Å². The average molecular weight is 280 g/mol. The van der Waals surface area contributed by atoms with Crippen LogP contribution < -0.4 is 5.73 Å². The smallest absolute Gasteiger partial charge is 0.191 e. The zero-order valence-electron chi connectivity index (χ0n) is 11.6. The lowest BCUT2D eigenvalue weighted by Crippen LogP contribution is -2.39. The molecule has 1 aliphatic carbocycles. The van der Waals surface area contributed by atoms with Gasteiger partial charge in [0.15, 0.2) is 5.96 Å². The molecule has 0 amide bonds. The molecule has 0 aromatic heterocycles. The number of nitrogens with zero attached hydrogens (tertiary/aromatic N) is 2. The van der Waals surface area contributed by atoms with Crippen molar-refractivity contribution in [2.45, 2.75) is 38.6 Å². The summed E-state index contributed by atoms with van der Waals surface area (Å²) in [5.41, 5.74) is 7.33. The lowest BCUT2D eigenvalue weighted by Gasteiger charge is -2.34. The summed E-state index contributed by atoms with van der Waals surface area (Å²) in [4.78, 5) is 6.70. The largest absolute Gasteiger partial charge is 0.370 e. The van der Waals surface area contributed by atoms with Crippen LogP contribution in [0.5, 0.6) is 0 Å². The van der Waals surface area contributed by atoms with E-state index in [-0.39, 0.29) is 0 Å². The number of rotatable bonds is 4. The van der Waals surface area contributed by atoms with Crippen molar-refractivity contribution in [1.82, 2.24) is 4.90 Å². The average Bonchev–Trinajstić information content (AvgIpc) is 2.34. The first-order valence-corrected chi connectivity index (χ1v) is 7.35. The van der Waals surface area contributed by atoms with Gasteiger partial charge in [-0.05, 0) is 50.3 Å². The monoisotopic (exact) mass is 279 g/mol. The second-order valence-corrected chi connectivity index (χ2v) is 5.47. The van der Waals surface area contributed by atoms with Crippen LogP contribution in [0.3, 0.4) is 0 Å². The molecule has 1 aliphatic rings. The molecule has 19 heavy (non-hydrogen) atoms. The Morgan fingerprint density at radius 3 is 2.63 bits per heavy atom. The molecule has 0 bridgehead atoms. The summed E-state index contributed by atoms with van der Waals surface area (Å²) in [6, 6.07) is 8.49. The summed E-state index contributed by atoms with van der Waals surface area (Å²) < 4.78 is 0. The highest BCUT2D eigenvalue weighted by molar-refractivity contribution is 6.30. The lowest BCUT2D eigenvalue weighted by atomic mass is 9.76. The second kappa shape index (κ2) is 6.29. The molecule has 2 N–H and O–H groups in total. The summed E-state index contributed by atoms with van der Waals surface area (Å²) >= 11 is 6.02. The Hall–Kier alpha value is -1.22. The van der Waals surface area contributed by atoms with Gasteiger partial charge in [-0.3, -0.25) is 0 Å². The van der Waals surface area contributed by atoms with Crippen LogP contribution in [0.4, 0.5) is 0 Å². The number of halogens is 1. The first-order chi connectivity index (χ1) is 9.13. The van der Waals surface area contributed by atoms with E-state index in [2.05, 4.69) is 35.9 Å². The van der Waals surface area contributed by atoms with E-state index in [1.807, 2.05) is 12.1 Å². The molecule has 3 nitrogen and oxygen atoms in total. The van der Waals surface area contributed by atoms with Crippen molar-refractivity contribution in [2.24, 2.45) is 10.7 Å². The van der Waals surface area contributed by atoms with Gasteiger partial charge >= 0.3 is 0 Å². The van der Waals surface area contributed by atoms with E-state index < -0.39 is 0 Å². The SMILES string of the molecule is CCN(CC)C(N)=NC1CC(c2cccc(Cl)c2)C1. The number of hydrogen-bond donors (Lipinski definition) is 1. The van der Waals surface area contributed by atoms with E-state index in [1.54, 1.807) is 0 Å². The number of hydrogen-bond acceptors (Lipinski definition) is 1. The molecule has 1 aromatic carbocycles. The van der Waals surface area contributed by atoms with Crippen LogP contribution in [0.15, 0.2) is 29.3 Å². The van der Waals surface area contributed by atoms with E-state index in [4.69, 9.17) is 17.3 Å². The maximum absolute atomic E-state index is 6.02. The van der Waals surface area contributed by atoms with Gasteiger partial charge in [-0.25, -0.2) is 4.99 Å². The summed E-state index contributed by atoms with van der Waals surface area (Å²) in [6.07, 6.45) is 2.14. The molecule has 4 heteroatoms. The van der Waals surface area contributed by atoms with Gasteiger partial charge in [0.05, 0.1) is 6.04 Å². The lowest BCUT2D eigenvalue weighted by molar-refractivity contribution is 0.346. The molecule has 0 atom stereocenters. The Labute approximate surface area is 120 Å². The molecule has 0 unspecified atom stereocenters. The maximum Gasteiger partial charge on any atom is 0.191 e. The van der Waals surface area contributed by atoms with Crippen molar-refractivity contribution in [2.75, 3.05) is 13.1 Å². The van der Waals surface area contributed by atoms with Crippen molar-refractivity contribution in [3.05, 3.63) is 34.9 Å². The summed E-state index contributed by atoms with van der Waals surface area (Å²) in [7, 11) is 0. The van der Waals surface area contributed by atoms with Crippen LogP contribution in [0.1, 0.15) is 38.2 Å². The molecule has 0 saturated heterocycles.